The van der Waals surface area contributed by atoms with Crippen LogP contribution in [0.4, 0.5) is 9.18 Å². The first-order valence-corrected chi connectivity index (χ1v) is 10.2. The average Bonchev–Trinajstić information content (AvgIpc) is 2.63. The number of benzene rings is 2. The minimum atomic E-state index is -3.33. The molecule has 0 atom stereocenters. The van der Waals surface area contributed by atoms with E-state index in [1.807, 2.05) is 0 Å². The minimum Gasteiger partial charge on any atom is -0.334 e. The Balaban J connectivity index is 1.91. The molecule has 0 aromatic heterocycles. The fraction of sp³-hybridized carbons (Fsp3) is 0.278. The summed E-state index contributed by atoms with van der Waals surface area (Å²) in [5.74, 6) is -0.573. The van der Waals surface area contributed by atoms with E-state index in [1.54, 1.807) is 37.4 Å². The van der Waals surface area contributed by atoms with E-state index >= 15 is 0 Å². The maximum Gasteiger partial charge on any atom is 0.317 e. The lowest BCUT2D eigenvalue weighted by Crippen LogP contribution is -2.36. The van der Waals surface area contributed by atoms with Gasteiger partial charge in [0.1, 0.15) is 5.82 Å². The van der Waals surface area contributed by atoms with Gasteiger partial charge in [-0.25, -0.2) is 22.3 Å². The van der Waals surface area contributed by atoms with Crippen LogP contribution in [0, 0.1) is 5.82 Å². The van der Waals surface area contributed by atoms with Gasteiger partial charge in [-0.1, -0.05) is 41.9 Å². The predicted octanol–water partition coefficient (Wildman–Crippen LogP) is 2.87. The van der Waals surface area contributed by atoms with Crippen molar-refractivity contribution in [2.24, 2.45) is 0 Å². The third-order valence-electron chi connectivity index (χ3n) is 3.94. The monoisotopic (exact) mass is 413 g/mol. The lowest BCUT2D eigenvalue weighted by molar-refractivity contribution is 0.206. The van der Waals surface area contributed by atoms with Gasteiger partial charge >= 0.3 is 6.03 Å². The van der Waals surface area contributed by atoms with Crippen LogP contribution >= 0.6 is 11.6 Å². The van der Waals surface area contributed by atoms with Crippen LogP contribution in [0.25, 0.3) is 0 Å². The summed E-state index contributed by atoms with van der Waals surface area (Å²) < 4.78 is 39.1. The summed E-state index contributed by atoms with van der Waals surface area (Å²) in [6.45, 7) is 0.297. The number of urea groups is 1. The first-order chi connectivity index (χ1) is 12.7. The Labute approximate surface area is 163 Å². The van der Waals surface area contributed by atoms with Crippen LogP contribution in [0.15, 0.2) is 42.5 Å². The smallest absolute Gasteiger partial charge is 0.317 e. The molecule has 2 rings (SSSR count). The lowest BCUT2D eigenvalue weighted by atomic mass is 10.1. The molecule has 9 heteroatoms. The highest BCUT2D eigenvalue weighted by Gasteiger charge is 2.14. The Hall–Kier alpha value is -2.16. The molecule has 146 valence electrons. The van der Waals surface area contributed by atoms with Crippen molar-refractivity contribution in [2.75, 3.05) is 14.1 Å². The van der Waals surface area contributed by atoms with Crippen LogP contribution in [0.5, 0.6) is 0 Å². The molecule has 0 fully saturated rings. The van der Waals surface area contributed by atoms with E-state index < -0.39 is 15.8 Å². The molecule has 0 bridgehead atoms. The summed E-state index contributed by atoms with van der Waals surface area (Å²) in [5, 5.41) is 2.99. The summed E-state index contributed by atoms with van der Waals surface area (Å²) in [6.07, 6.45) is 0. The Kier molecular flexibility index (Phi) is 7.18. The van der Waals surface area contributed by atoms with Crippen LogP contribution in [0.2, 0.25) is 5.02 Å². The normalized spacial score (nSPS) is 11.3. The summed E-state index contributed by atoms with van der Waals surface area (Å²) in [5.41, 5.74) is 1.71. The molecule has 2 aromatic rings. The molecule has 0 spiro atoms. The number of amides is 2. The van der Waals surface area contributed by atoms with Crippen LogP contribution in [0.1, 0.15) is 16.7 Å². The highest BCUT2D eigenvalue weighted by molar-refractivity contribution is 7.88. The second-order valence-electron chi connectivity index (χ2n) is 5.99. The predicted molar refractivity (Wildman–Crippen MR) is 103 cm³/mol. The number of rotatable bonds is 7. The third kappa shape index (κ3) is 6.20. The van der Waals surface area contributed by atoms with Crippen molar-refractivity contribution in [3.05, 3.63) is 70.0 Å². The number of carbonyl (C=O) groups excluding carboxylic acids is 1. The van der Waals surface area contributed by atoms with E-state index in [0.717, 1.165) is 5.56 Å². The molecule has 6 nitrogen and oxygen atoms in total. The number of hydrogen-bond donors (Lipinski definition) is 2. The third-order valence-corrected chi connectivity index (χ3v) is 5.63. The van der Waals surface area contributed by atoms with Gasteiger partial charge in [-0.05, 0) is 30.3 Å². The molecule has 27 heavy (non-hydrogen) atoms. The Morgan fingerprint density at radius 2 is 1.78 bits per heavy atom. The van der Waals surface area contributed by atoms with Gasteiger partial charge in [0, 0.05) is 24.2 Å². The number of sulfonamides is 1. The molecule has 2 N–H and O–H groups in total. The fourth-order valence-corrected chi connectivity index (χ4v) is 3.35. The van der Waals surface area contributed by atoms with Crippen molar-refractivity contribution in [3.63, 3.8) is 0 Å². The number of hydrogen-bond acceptors (Lipinski definition) is 3. The molecule has 0 heterocycles. The Morgan fingerprint density at radius 1 is 1.15 bits per heavy atom. The van der Waals surface area contributed by atoms with E-state index in [0.29, 0.717) is 5.56 Å². The largest absolute Gasteiger partial charge is 0.334 e. The molecule has 0 aliphatic carbocycles. The van der Waals surface area contributed by atoms with Gasteiger partial charge < -0.3 is 10.2 Å². The lowest BCUT2D eigenvalue weighted by Gasteiger charge is -2.19. The molecule has 0 unspecified atom stereocenters. The quantitative estimate of drug-likeness (QED) is 0.732. The summed E-state index contributed by atoms with van der Waals surface area (Å²) >= 11 is 5.98. The van der Waals surface area contributed by atoms with Gasteiger partial charge in [0.25, 0.3) is 0 Å². The molecular weight excluding hydrogens is 393 g/mol. The molecule has 0 aliphatic rings. The molecule has 0 saturated carbocycles. The highest BCUT2D eigenvalue weighted by Crippen LogP contribution is 2.20. The van der Waals surface area contributed by atoms with Crippen molar-refractivity contribution in [3.8, 4) is 0 Å². The van der Waals surface area contributed by atoms with Crippen LogP contribution in [-0.2, 0) is 28.9 Å². The zero-order chi connectivity index (χ0) is 20.0. The highest BCUT2D eigenvalue weighted by atomic mass is 35.5. The van der Waals surface area contributed by atoms with Crippen molar-refractivity contribution >= 4 is 27.7 Å². The second kappa shape index (κ2) is 9.16. The van der Waals surface area contributed by atoms with Crippen LogP contribution in [0.3, 0.4) is 0 Å². The fourth-order valence-electron chi connectivity index (χ4n) is 2.35. The maximum atomic E-state index is 13.8. The first kappa shape index (κ1) is 21.1. The van der Waals surface area contributed by atoms with E-state index in [1.165, 1.54) is 24.1 Å². The zero-order valence-electron chi connectivity index (χ0n) is 15.0. The number of nitrogens with one attached hydrogen (secondary N) is 2. The van der Waals surface area contributed by atoms with E-state index in [4.69, 9.17) is 11.6 Å². The topological polar surface area (TPSA) is 78.5 Å². The zero-order valence-corrected chi connectivity index (χ0v) is 16.6. The average molecular weight is 414 g/mol. The number of nitrogens with zero attached hydrogens (tertiary/aromatic N) is 1. The van der Waals surface area contributed by atoms with Gasteiger partial charge in [0.15, 0.2) is 0 Å². The Morgan fingerprint density at radius 3 is 2.37 bits per heavy atom. The number of carbonyl (C=O) groups is 1. The molecular formula is C18H21ClFN3O3S. The minimum absolute atomic E-state index is 0.0398. The van der Waals surface area contributed by atoms with Gasteiger partial charge in [-0.15, -0.1) is 0 Å². The van der Waals surface area contributed by atoms with Gasteiger partial charge in [0.2, 0.25) is 10.0 Å². The summed E-state index contributed by atoms with van der Waals surface area (Å²) in [7, 11) is -0.416. The molecule has 2 aromatic carbocycles. The Bertz CT molecular complexity index is 884. The van der Waals surface area contributed by atoms with Crippen molar-refractivity contribution < 1.29 is 17.6 Å². The SMILES string of the molecule is CNS(=O)(=O)Cc1ccc(CNC(=O)N(C)Cc2c(F)cccc2Cl)cc1. The standard InChI is InChI=1S/C18H21ClFN3O3S/c1-21-27(25,26)12-14-8-6-13(7-9-14)10-22-18(24)23(2)11-15-16(19)4-3-5-17(15)20/h3-9,21H,10-12H2,1-2H3,(H,22,24). The second-order valence-corrected chi connectivity index (χ2v) is 8.33. The van der Waals surface area contributed by atoms with Crippen molar-refractivity contribution in [1.82, 2.24) is 14.9 Å². The van der Waals surface area contributed by atoms with Crippen molar-refractivity contribution in [1.29, 1.82) is 0 Å². The molecule has 0 aliphatic heterocycles. The van der Waals surface area contributed by atoms with Crippen molar-refractivity contribution in [2.45, 2.75) is 18.8 Å². The van der Waals surface area contributed by atoms with Gasteiger partial charge in [-0.3, -0.25) is 0 Å². The first-order valence-electron chi connectivity index (χ1n) is 8.12. The van der Waals surface area contributed by atoms with Crippen LogP contribution < -0.4 is 10.0 Å². The van der Waals surface area contributed by atoms with Gasteiger partial charge in [0.05, 0.1) is 12.3 Å². The van der Waals surface area contributed by atoms with E-state index in [-0.39, 0.29) is 35.5 Å². The maximum absolute atomic E-state index is 13.8. The van der Waals surface area contributed by atoms with Crippen LogP contribution in [-0.4, -0.2) is 33.4 Å². The van der Waals surface area contributed by atoms with E-state index in [2.05, 4.69) is 10.0 Å². The summed E-state index contributed by atoms with van der Waals surface area (Å²) in [6, 6.07) is 10.9. The van der Waals surface area contributed by atoms with Gasteiger partial charge in [-0.2, -0.15) is 0 Å². The van der Waals surface area contributed by atoms with E-state index in [9.17, 15) is 17.6 Å². The molecule has 2 amide bonds. The summed E-state index contributed by atoms with van der Waals surface area (Å²) in [4.78, 5) is 13.5. The number of halogens is 2. The molecule has 0 saturated heterocycles. The molecule has 0 radical (unpaired) electrons.